The number of anilines is 2. The van der Waals surface area contributed by atoms with Gasteiger partial charge >= 0.3 is 0 Å². The van der Waals surface area contributed by atoms with E-state index >= 15 is 4.39 Å². The number of carbonyl (C=O) groups excluding carboxylic acids is 3. The Bertz CT molecular complexity index is 1750. The maximum Gasteiger partial charge on any atom is 0.255 e. The number of likely N-dealkylation sites (tertiary alicyclic amines) is 1. The maximum atomic E-state index is 16.0. The van der Waals surface area contributed by atoms with Crippen LogP contribution in [0.15, 0.2) is 48.8 Å². The van der Waals surface area contributed by atoms with E-state index < -0.39 is 29.3 Å². The number of aliphatic hydroxyl groups is 1. The third-order valence-corrected chi connectivity index (χ3v) is 11.1. The molecule has 1 aromatic heterocycles. The van der Waals surface area contributed by atoms with E-state index in [-0.39, 0.29) is 42.0 Å². The molecule has 4 aliphatic heterocycles. The summed E-state index contributed by atoms with van der Waals surface area (Å²) in [6.07, 6.45) is 9.55. The van der Waals surface area contributed by atoms with Crippen molar-refractivity contribution < 1.29 is 23.9 Å². The summed E-state index contributed by atoms with van der Waals surface area (Å²) < 4.78 is 16.0. The molecule has 3 aromatic rings. The van der Waals surface area contributed by atoms with Gasteiger partial charge in [-0.3, -0.25) is 24.6 Å². The number of piperidine rings is 3. The normalized spacial score (nSPS) is 23.1. The van der Waals surface area contributed by atoms with Crippen LogP contribution in [0.2, 0.25) is 0 Å². The first-order valence-corrected chi connectivity index (χ1v) is 17.6. The summed E-state index contributed by atoms with van der Waals surface area (Å²) in [4.78, 5) is 52.2. The molecule has 0 bridgehead atoms. The highest BCUT2D eigenvalue weighted by atomic mass is 19.1. The summed E-state index contributed by atoms with van der Waals surface area (Å²) >= 11 is 0. The van der Waals surface area contributed by atoms with E-state index in [1.807, 2.05) is 12.4 Å². The number of amides is 3. The van der Waals surface area contributed by atoms with E-state index in [0.717, 1.165) is 38.4 Å². The van der Waals surface area contributed by atoms with Crippen LogP contribution in [0.4, 0.5) is 16.0 Å². The van der Waals surface area contributed by atoms with Crippen LogP contribution in [-0.2, 0) is 28.3 Å². The molecule has 11 nitrogen and oxygen atoms in total. The fraction of sp³-hybridized carbons (Fsp3) is 0.486. The second-order valence-electron chi connectivity index (χ2n) is 14.3. The molecular weight excluding hydrogens is 625 g/mol. The van der Waals surface area contributed by atoms with E-state index in [1.54, 1.807) is 6.07 Å². The van der Waals surface area contributed by atoms with Crippen LogP contribution >= 0.6 is 0 Å². The monoisotopic (exact) mass is 667 g/mol. The first kappa shape index (κ1) is 31.8. The number of imide groups is 1. The van der Waals surface area contributed by atoms with Gasteiger partial charge in [-0.25, -0.2) is 14.4 Å². The van der Waals surface area contributed by atoms with E-state index in [2.05, 4.69) is 54.7 Å². The smallest absolute Gasteiger partial charge is 0.255 e. The molecule has 1 atom stereocenters. The second-order valence-corrected chi connectivity index (χ2v) is 14.3. The lowest BCUT2D eigenvalue weighted by Gasteiger charge is -2.39. The lowest BCUT2D eigenvalue weighted by molar-refractivity contribution is -0.136. The number of hydrogen-bond acceptors (Lipinski definition) is 9. The van der Waals surface area contributed by atoms with Crippen LogP contribution in [-0.4, -0.2) is 80.9 Å². The Morgan fingerprint density at radius 3 is 2.31 bits per heavy atom. The molecule has 1 unspecified atom stereocenters. The van der Waals surface area contributed by atoms with Gasteiger partial charge in [-0.15, -0.1) is 0 Å². The molecule has 1 aliphatic carbocycles. The number of benzene rings is 2. The van der Waals surface area contributed by atoms with E-state index in [0.29, 0.717) is 37.9 Å². The highest BCUT2D eigenvalue weighted by molar-refractivity contribution is 6.05. The van der Waals surface area contributed by atoms with Crippen molar-refractivity contribution in [2.75, 3.05) is 36.4 Å². The number of nitrogens with zero attached hydrogens (tertiary/aromatic N) is 5. The quantitative estimate of drug-likeness (QED) is 0.307. The van der Waals surface area contributed by atoms with Gasteiger partial charge in [0.1, 0.15) is 11.9 Å². The topological polar surface area (TPSA) is 131 Å². The Morgan fingerprint density at radius 1 is 0.918 bits per heavy atom. The molecule has 256 valence electrons. The van der Waals surface area contributed by atoms with Gasteiger partial charge in [-0.05, 0) is 80.2 Å². The van der Waals surface area contributed by atoms with Gasteiger partial charge < -0.3 is 20.2 Å². The minimum absolute atomic E-state index is 0.0587. The van der Waals surface area contributed by atoms with Crippen LogP contribution in [0.3, 0.4) is 0 Å². The molecule has 5 aliphatic rings. The van der Waals surface area contributed by atoms with Gasteiger partial charge in [0, 0.05) is 80.0 Å². The lowest BCUT2D eigenvalue weighted by Crippen LogP contribution is -2.52. The molecule has 12 heteroatoms. The summed E-state index contributed by atoms with van der Waals surface area (Å²) in [5.41, 5.74) is 2.91. The summed E-state index contributed by atoms with van der Waals surface area (Å²) in [6, 6.07) is 11.3. The number of halogens is 1. The number of hydrogen-bond donors (Lipinski definition) is 3. The molecular formula is C37H42FN7O4. The molecule has 5 heterocycles. The van der Waals surface area contributed by atoms with Crippen LogP contribution in [0, 0.1) is 5.82 Å². The van der Waals surface area contributed by atoms with Crippen molar-refractivity contribution in [2.24, 2.45) is 0 Å². The van der Waals surface area contributed by atoms with Crippen molar-refractivity contribution in [3.8, 4) is 0 Å². The molecule has 8 rings (SSSR count). The van der Waals surface area contributed by atoms with E-state index in [4.69, 9.17) is 0 Å². The van der Waals surface area contributed by atoms with E-state index in [9.17, 15) is 19.5 Å². The molecule has 0 radical (unpaired) electrons. The molecule has 2 aromatic carbocycles. The van der Waals surface area contributed by atoms with Crippen molar-refractivity contribution in [1.82, 2.24) is 25.1 Å². The largest absolute Gasteiger partial charge is 0.385 e. The summed E-state index contributed by atoms with van der Waals surface area (Å²) in [7, 11) is 0. The van der Waals surface area contributed by atoms with Crippen LogP contribution < -0.4 is 15.5 Å². The van der Waals surface area contributed by atoms with Crippen LogP contribution in [0.1, 0.15) is 89.9 Å². The third kappa shape index (κ3) is 6.39. The molecule has 4 fully saturated rings. The molecule has 3 saturated heterocycles. The van der Waals surface area contributed by atoms with Gasteiger partial charge in [0.05, 0.1) is 12.1 Å². The van der Waals surface area contributed by atoms with Crippen molar-refractivity contribution in [3.05, 3.63) is 82.4 Å². The first-order chi connectivity index (χ1) is 23.7. The van der Waals surface area contributed by atoms with Gasteiger partial charge in [-0.2, -0.15) is 0 Å². The second kappa shape index (κ2) is 12.8. The Kier molecular flexibility index (Phi) is 8.31. The van der Waals surface area contributed by atoms with Gasteiger partial charge in [0.15, 0.2) is 0 Å². The average Bonchev–Trinajstić information content (AvgIpc) is 3.91. The molecule has 3 amide bonds. The van der Waals surface area contributed by atoms with E-state index in [1.165, 1.54) is 40.6 Å². The number of aromatic nitrogens is 2. The van der Waals surface area contributed by atoms with Gasteiger partial charge in [0.25, 0.3) is 5.91 Å². The van der Waals surface area contributed by atoms with Crippen LogP contribution in [0.25, 0.3) is 0 Å². The highest BCUT2D eigenvalue weighted by Gasteiger charge is 2.43. The number of rotatable bonds is 8. The fourth-order valence-corrected chi connectivity index (χ4v) is 7.89. The molecule has 49 heavy (non-hydrogen) atoms. The zero-order valence-electron chi connectivity index (χ0n) is 27.5. The number of nitrogens with one attached hydrogen (secondary N) is 2. The zero-order chi connectivity index (χ0) is 33.7. The van der Waals surface area contributed by atoms with Crippen molar-refractivity contribution >= 4 is 29.4 Å². The van der Waals surface area contributed by atoms with Crippen molar-refractivity contribution in [3.63, 3.8) is 0 Å². The highest BCUT2D eigenvalue weighted by Crippen LogP contribution is 2.40. The average molecular weight is 668 g/mol. The summed E-state index contributed by atoms with van der Waals surface area (Å²) in [5.74, 6) is -0.531. The predicted octanol–water partition coefficient (Wildman–Crippen LogP) is 3.82. The molecule has 0 spiro atoms. The Labute approximate surface area is 284 Å². The summed E-state index contributed by atoms with van der Waals surface area (Å²) in [6.45, 7) is 3.81. The Balaban J connectivity index is 0.831. The maximum absolute atomic E-state index is 16.0. The third-order valence-electron chi connectivity index (χ3n) is 11.1. The van der Waals surface area contributed by atoms with Gasteiger partial charge in [-0.1, -0.05) is 18.2 Å². The Morgan fingerprint density at radius 2 is 1.63 bits per heavy atom. The predicted molar refractivity (Wildman–Crippen MR) is 180 cm³/mol. The van der Waals surface area contributed by atoms with Crippen molar-refractivity contribution in [2.45, 2.75) is 88.1 Å². The standard InChI is InChI=1S/C37H42FN7O4/c38-33-29-22-45(31-9-10-32(46)42-34(31)47)35(48)28(29)7-8-30(33)37(49)13-17-43(18-14-37)21-23-1-5-27(6-2-23)44-15-11-26(12-16-44)41-36-39-19-25(20-40-36)24-3-4-24/h1-2,5-8,19-20,24,26,31,49H,3-4,9-18,21-22H2,(H,39,40,41)(H,42,46,47). The first-order valence-electron chi connectivity index (χ1n) is 17.6. The lowest BCUT2D eigenvalue weighted by atomic mass is 9.82. The zero-order valence-corrected chi connectivity index (χ0v) is 27.5. The molecule has 3 N–H and O–H groups in total. The number of fused-ring (bicyclic) bond motifs is 1. The Hall–Kier alpha value is -4.42. The van der Waals surface area contributed by atoms with Crippen molar-refractivity contribution in [1.29, 1.82) is 0 Å². The fourth-order valence-electron chi connectivity index (χ4n) is 7.89. The number of carbonyl (C=O) groups is 3. The minimum Gasteiger partial charge on any atom is -0.385 e. The SMILES string of the molecule is O=C1CCC(N2Cc3c(ccc(C4(O)CCN(Cc5ccc(N6CCC(Nc7ncc(C8CC8)cn7)CC6)cc5)CC4)c3F)C2=O)C(=O)N1. The van der Waals surface area contributed by atoms with Gasteiger partial charge in [0.2, 0.25) is 17.8 Å². The van der Waals surface area contributed by atoms with Crippen LogP contribution in [0.5, 0.6) is 0 Å². The molecule has 1 saturated carbocycles. The minimum atomic E-state index is -1.35. The summed E-state index contributed by atoms with van der Waals surface area (Å²) in [5, 5.41) is 17.4.